The van der Waals surface area contributed by atoms with E-state index in [0.717, 1.165) is 0 Å². The molecule has 0 spiro atoms. The molecule has 10 heteroatoms. The lowest BCUT2D eigenvalue weighted by Crippen LogP contribution is -1.92. The van der Waals surface area contributed by atoms with Crippen LogP contribution < -0.4 is 0 Å². The van der Waals surface area contributed by atoms with E-state index < -0.39 is 26.5 Å². The minimum absolute atomic E-state index is 0.715. The molecule has 0 saturated heterocycles. The molecule has 14 heavy (non-hydrogen) atoms. The van der Waals surface area contributed by atoms with Gasteiger partial charge in [0, 0.05) is 0 Å². The van der Waals surface area contributed by atoms with Gasteiger partial charge in [0.05, 0.1) is 12.5 Å². The summed E-state index contributed by atoms with van der Waals surface area (Å²) in [6.45, 7) is 1.28. The van der Waals surface area contributed by atoms with Crippen LogP contribution in [0.1, 0.15) is 6.92 Å². The van der Waals surface area contributed by atoms with Crippen molar-refractivity contribution in [2.24, 2.45) is 0 Å². The molecule has 0 unspecified atom stereocenters. The van der Waals surface area contributed by atoms with Gasteiger partial charge in [0.25, 0.3) is 20.2 Å². The van der Waals surface area contributed by atoms with E-state index in [1.807, 2.05) is 0 Å². The summed E-state index contributed by atoms with van der Waals surface area (Å²) in [5, 5.41) is 15.2. The van der Waals surface area contributed by atoms with Crippen LogP contribution in [-0.4, -0.2) is 55.0 Å². The van der Waals surface area contributed by atoms with Crippen LogP contribution in [0.5, 0.6) is 0 Å². The monoisotopic (exact) mass is 254 g/mol. The van der Waals surface area contributed by atoms with Gasteiger partial charge in [0.1, 0.15) is 6.29 Å². The van der Waals surface area contributed by atoms with Crippen molar-refractivity contribution < 1.29 is 36.2 Å². The molecule has 0 aromatic carbocycles. The Morgan fingerprint density at radius 3 is 0.857 bits per heavy atom. The summed E-state index contributed by atoms with van der Waals surface area (Å²) in [5.41, 5.74) is 0. The summed E-state index contributed by atoms with van der Waals surface area (Å²) in [6, 6.07) is 0. The van der Waals surface area contributed by atoms with Crippen molar-refractivity contribution in [3.8, 4) is 0 Å². The predicted octanol–water partition coefficient (Wildman–Crippen LogP) is -1.67. The van der Waals surface area contributed by atoms with E-state index >= 15 is 0 Å². The van der Waals surface area contributed by atoms with E-state index in [2.05, 4.69) is 0 Å². The molecule has 0 aliphatic carbocycles. The first-order chi connectivity index (χ1) is 5.73. The van der Waals surface area contributed by atoms with E-state index in [9.17, 15) is 16.8 Å². The molecule has 0 heterocycles. The van der Waals surface area contributed by atoms with Gasteiger partial charge in [-0.3, -0.25) is 9.11 Å². The van der Waals surface area contributed by atoms with Crippen molar-refractivity contribution in [3.63, 3.8) is 0 Å². The Kier molecular flexibility index (Phi) is 11.2. The van der Waals surface area contributed by atoms with E-state index in [1.54, 1.807) is 0 Å². The van der Waals surface area contributed by atoms with E-state index in [1.165, 1.54) is 6.92 Å². The minimum Gasteiger partial charge on any atom is -0.368 e. The average molecular weight is 254 g/mol. The SMILES string of the molecule is CC(O)O.CS(=O)(=O)O.CS(=O)(=O)O. The molecular weight excluding hydrogens is 240 g/mol. The number of rotatable bonds is 0. The Balaban J connectivity index is -0.000000131. The van der Waals surface area contributed by atoms with Crippen LogP contribution in [0.15, 0.2) is 0 Å². The van der Waals surface area contributed by atoms with Gasteiger partial charge in [0.2, 0.25) is 0 Å². The lowest BCUT2D eigenvalue weighted by Gasteiger charge is -1.80. The molecule has 0 saturated carbocycles. The number of aliphatic hydroxyl groups is 2. The highest BCUT2D eigenvalue weighted by molar-refractivity contribution is 7.85. The summed E-state index contributed by atoms with van der Waals surface area (Å²) in [5.74, 6) is 0. The minimum atomic E-state index is -3.67. The van der Waals surface area contributed by atoms with Gasteiger partial charge < -0.3 is 10.2 Å². The molecule has 0 aromatic heterocycles. The van der Waals surface area contributed by atoms with Gasteiger partial charge in [0.15, 0.2) is 0 Å². The Labute approximate surface area is 82.7 Å². The van der Waals surface area contributed by atoms with Crippen LogP contribution in [0.3, 0.4) is 0 Å². The maximum atomic E-state index is 9.19. The quantitative estimate of drug-likeness (QED) is 0.296. The van der Waals surface area contributed by atoms with Crippen LogP contribution in [0.4, 0.5) is 0 Å². The van der Waals surface area contributed by atoms with Crippen molar-refractivity contribution in [3.05, 3.63) is 0 Å². The molecule has 8 nitrogen and oxygen atoms in total. The summed E-state index contributed by atoms with van der Waals surface area (Å²) in [7, 11) is -7.33. The smallest absolute Gasteiger partial charge is 0.261 e. The van der Waals surface area contributed by atoms with Crippen molar-refractivity contribution >= 4 is 20.2 Å². The van der Waals surface area contributed by atoms with Crippen LogP contribution in [0, 0.1) is 0 Å². The van der Waals surface area contributed by atoms with E-state index in [-0.39, 0.29) is 0 Å². The maximum Gasteiger partial charge on any atom is 0.261 e. The largest absolute Gasteiger partial charge is 0.368 e. The Bertz CT molecular complexity index is 249. The molecule has 4 N–H and O–H groups in total. The fraction of sp³-hybridized carbons (Fsp3) is 1.00. The molecule has 0 aliphatic rings. The van der Waals surface area contributed by atoms with Crippen molar-refractivity contribution in [1.29, 1.82) is 0 Å². The second-order valence-corrected chi connectivity index (χ2v) is 5.03. The molecule has 0 aromatic rings. The third-order valence-electron chi connectivity index (χ3n) is 0. The Morgan fingerprint density at radius 2 is 0.857 bits per heavy atom. The maximum absolute atomic E-state index is 9.19. The van der Waals surface area contributed by atoms with Crippen LogP contribution in [0.2, 0.25) is 0 Å². The highest BCUT2D eigenvalue weighted by Gasteiger charge is 1.82. The van der Waals surface area contributed by atoms with Crippen molar-refractivity contribution in [2.75, 3.05) is 12.5 Å². The first-order valence-corrected chi connectivity index (χ1v) is 6.64. The molecule has 0 amide bonds. The van der Waals surface area contributed by atoms with Gasteiger partial charge >= 0.3 is 0 Å². The van der Waals surface area contributed by atoms with Gasteiger partial charge in [-0.1, -0.05) is 0 Å². The normalized spacial score (nSPS) is 10.9. The van der Waals surface area contributed by atoms with Crippen molar-refractivity contribution in [2.45, 2.75) is 13.2 Å². The molecule has 0 radical (unpaired) electrons. The van der Waals surface area contributed by atoms with Crippen LogP contribution in [0.25, 0.3) is 0 Å². The predicted molar refractivity (Wildman–Crippen MR) is 48.8 cm³/mol. The van der Waals surface area contributed by atoms with Gasteiger partial charge in [-0.15, -0.1) is 0 Å². The van der Waals surface area contributed by atoms with Crippen LogP contribution in [-0.2, 0) is 20.2 Å². The highest BCUT2D eigenvalue weighted by atomic mass is 32.2. The molecular formula is C4H14O8S2. The third kappa shape index (κ3) is 20000. The number of hydrogen-bond donors (Lipinski definition) is 4. The summed E-state index contributed by atoms with van der Waals surface area (Å²) >= 11 is 0. The first kappa shape index (κ1) is 19.3. The molecule has 0 fully saturated rings. The van der Waals surface area contributed by atoms with Crippen LogP contribution >= 0.6 is 0 Å². The van der Waals surface area contributed by atoms with Crippen molar-refractivity contribution in [1.82, 2.24) is 0 Å². The Morgan fingerprint density at radius 1 is 0.857 bits per heavy atom. The molecule has 0 atom stereocenters. The van der Waals surface area contributed by atoms with Gasteiger partial charge in [-0.25, -0.2) is 0 Å². The molecule has 0 aliphatic heterocycles. The zero-order valence-corrected chi connectivity index (χ0v) is 9.45. The molecule has 0 rings (SSSR count). The molecule has 0 bridgehead atoms. The zero-order chi connectivity index (χ0) is 12.6. The lowest BCUT2D eigenvalue weighted by atomic mass is 10.8. The first-order valence-electron chi connectivity index (χ1n) is 2.94. The average Bonchev–Trinajstić information content (AvgIpc) is 1.45. The molecule has 90 valence electrons. The zero-order valence-electron chi connectivity index (χ0n) is 7.82. The summed E-state index contributed by atoms with van der Waals surface area (Å²) in [6.07, 6.45) is 0.264. The summed E-state index contributed by atoms with van der Waals surface area (Å²) in [4.78, 5) is 0. The highest BCUT2D eigenvalue weighted by Crippen LogP contribution is 1.61. The number of aliphatic hydroxyl groups excluding tert-OH is 1. The van der Waals surface area contributed by atoms with Gasteiger partial charge in [-0.2, -0.15) is 16.8 Å². The fourth-order valence-corrected chi connectivity index (χ4v) is 0. The Hall–Kier alpha value is -0.260. The second-order valence-electron chi connectivity index (χ2n) is 2.10. The number of hydrogen-bond acceptors (Lipinski definition) is 6. The standard InChI is InChI=1S/C2H6O2.2CH4O3S/c1-2(3)4;2*1-5(2,3)4/h2-4H,1H3;2*1H3,(H,2,3,4). The second kappa shape index (κ2) is 8.08. The fourth-order valence-electron chi connectivity index (χ4n) is 0. The third-order valence-corrected chi connectivity index (χ3v) is 0. The van der Waals surface area contributed by atoms with Gasteiger partial charge in [-0.05, 0) is 6.92 Å². The topological polar surface area (TPSA) is 149 Å². The lowest BCUT2D eigenvalue weighted by molar-refractivity contribution is -0.0228. The van der Waals surface area contributed by atoms with E-state index in [0.29, 0.717) is 12.5 Å². The summed E-state index contributed by atoms with van der Waals surface area (Å²) < 4.78 is 51.7. The van der Waals surface area contributed by atoms with E-state index in [4.69, 9.17) is 19.3 Å².